The van der Waals surface area contributed by atoms with Crippen molar-refractivity contribution in [2.75, 3.05) is 13.7 Å². The summed E-state index contributed by atoms with van der Waals surface area (Å²) < 4.78 is 34.3. The van der Waals surface area contributed by atoms with Gasteiger partial charge in [-0.25, -0.2) is 0 Å². The van der Waals surface area contributed by atoms with E-state index in [4.69, 9.17) is 28.4 Å². The third kappa shape index (κ3) is 6.64. The topological polar surface area (TPSA) is 146 Å². The summed E-state index contributed by atoms with van der Waals surface area (Å²) in [5.74, 6) is -3.23. The van der Waals surface area contributed by atoms with Crippen molar-refractivity contribution in [3.8, 4) is 0 Å². The molecular formula is C25H29NO11. The van der Waals surface area contributed by atoms with Crippen LogP contribution in [0.15, 0.2) is 30.5 Å². The zero-order chi connectivity index (χ0) is 27.3. The number of aromatic nitrogens is 1. The summed E-state index contributed by atoms with van der Waals surface area (Å²) in [4.78, 5) is 59.8. The molecule has 1 aromatic heterocycles. The van der Waals surface area contributed by atoms with Crippen LogP contribution >= 0.6 is 0 Å². The lowest BCUT2D eigenvalue weighted by atomic mass is 9.97. The number of benzene rings is 1. The number of hydrogen-bond donors (Lipinski definition) is 0. The molecule has 5 atom stereocenters. The molecule has 200 valence electrons. The van der Waals surface area contributed by atoms with Crippen molar-refractivity contribution < 1.29 is 52.4 Å². The number of carbonyl (C=O) groups excluding carboxylic acids is 5. The third-order valence-corrected chi connectivity index (χ3v) is 5.63. The van der Waals surface area contributed by atoms with Gasteiger partial charge in [-0.1, -0.05) is 18.2 Å². The maximum absolute atomic E-state index is 12.1. The lowest BCUT2D eigenvalue weighted by molar-refractivity contribution is -0.267. The maximum atomic E-state index is 12.1. The largest absolute Gasteiger partial charge is 0.469 e. The van der Waals surface area contributed by atoms with Crippen molar-refractivity contribution in [3.05, 3.63) is 36.0 Å². The van der Waals surface area contributed by atoms with E-state index in [9.17, 15) is 24.0 Å². The molecule has 0 aliphatic carbocycles. The van der Waals surface area contributed by atoms with Gasteiger partial charge in [0.05, 0.1) is 19.0 Å². The predicted octanol–water partition coefficient (Wildman–Crippen LogP) is 1.61. The Bertz CT molecular complexity index is 1190. The Hall–Kier alpha value is -3.93. The first-order chi connectivity index (χ1) is 17.5. The highest BCUT2D eigenvalue weighted by atomic mass is 16.7. The van der Waals surface area contributed by atoms with E-state index < -0.39 is 60.5 Å². The van der Waals surface area contributed by atoms with Crippen LogP contribution in [0, 0.1) is 0 Å². The standard InChI is InChI=1S/C25H29NO11/c1-13(27)33-12-20-22(34-14(2)28)23(35-15(3)29)24(36-16(4)30)25(37-20)26-11-17(10-21(31)32-5)18-8-6-7-9-19(18)26/h6-9,11,20,22-25H,10,12H2,1-5H3/t20-,22-,23?,24?,25-/m1/s1. The molecule has 1 aliphatic heterocycles. The molecule has 0 spiro atoms. The number of hydrogen-bond acceptors (Lipinski definition) is 11. The fraction of sp³-hybridized carbons (Fsp3) is 0.480. The molecule has 0 N–H and O–H groups in total. The minimum Gasteiger partial charge on any atom is -0.469 e. The van der Waals surface area contributed by atoms with Crippen molar-refractivity contribution in [2.24, 2.45) is 0 Å². The number of ether oxygens (including phenoxy) is 6. The SMILES string of the molecule is COC(=O)Cc1cn([C@@H]2O[C@H](COC(C)=O)[C@@H](OC(C)=O)C(OC(C)=O)C2OC(C)=O)c2ccccc12. The Kier molecular flexibility index (Phi) is 8.87. The summed E-state index contributed by atoms with van der Waals surface area (Å²) >= 11 is 0. The summed E-state index contributed by atoms with van der Waals surface area (Å²) in [7, 11) is 1.28. The first kappa shape index (κ1) is 27.7. The predicted molar refractivity (Wildman–Crippen MR) is 125 cm³/mol. The van der Waals surface area contributed by atoms with Crippen LogP contribution in [0.2, 0.25) is 0 Å². The molecular weight excluding hydrogens is 490 g/mol. The van der Waals surface area contributed by atoms with Gasteiger partial charge in [-0.2, -0.15) is 0 Å². The van der Waals surface area contributed by atoms with E-state index in [0.29, 0.717) is 16.5 Å². The van der Waals surface area contributed by atoms with Gasteiger partial charge in [-0.3, -0.25) is 24.0 Å². The van der Waals surface area contributed by atoms with Crippen molar-refractivity contribution in [2.45, 2.75) is 64.8 Å². The second kappa shape index (κ2) is 11.9. The van der Waals surface area contributed by atoms with E-state index in [0.717, 1.165) is 13.8 Å². The van der Waals surface area contributed by atoms with Crippen molar-refractivity contribution in [3.63, 3.8) is 0 Å². The van der Waals surface area contributed by atoms with Crippen LogP contribution in [0.1, 0.15) is 39.5 Å². The second-order valence-electron chi connectivity index (χ2n) is 8.42. The Labute approximate surface area is 212 Å². The highest BCUT2D eigenvalue weighted by Gasteiger charge is 2.53. The van der Waals surface area contributed by atoms with Gasteiger partial charge < -0.3 is 33.0 Å². The second-order valence-corrected chi connectivity index (χ2v) is 8.42. The minimum atomic E-state index is -1.31. The molecule has 0 radical (unpaired) electrons. The van der Waals surface area contributed by atoms with Gasteiger partial charge in [-0.15, -0.1) is 0 Å². The van der Waals surface area contributed by atoms with Crippen LogP contribution in [-0.2, 0) is 58.8 Å². The number of esters is 5. The number of para-hydroxylation sites is 1. The molecule has 1 fully saturated rings. The maximum Gasteiger partial charge on any atom is 0.310 e. The highest BCUT2D eigenvalue weighted by Crippen LogP contribution is 2.37. The van der Waals surface area contributed by atoms with E-state index in [-0.39, 0.29) is 13.0 Å². The lowest BCUT2D eigenvalue weighted by Gasteiger charge is -2.44. The van der Waals surface area contributed by atoms with E-state index >= 15 is 0 Å². The van der Waals surface area contributed by atoms with Crippen LogP contribution in [0.4, 0.5) is 0 Å². The number of rotatable bonds is 8. The lowest BCUT2D eigenvalue weighted by Crippen LogP contribution is -2.60. The van der Waals surface area contributed by atoms with Gasteiger partial charge in [0.1, 0.15) is 12.7 Å². The number of methoxy groups -OCH3 is 1. The third-order valence-electron chi connectivity index (χ3n) is 5.63. The Morgan fingerprint density at radius 1 is 0.838 bits per heavy atom. The average Bonchev–Trinajstić information content (AvgIpc) is 3.17. The van der Waals surface area contributed by atoms with Crippen LogP contribution in [0.3, 0.4) is 0 Å². The van der Waals surface area contributed by atoms with Gasteiger partial charge in [0.25, 0.3) is 0 Å². The van der Waals surface area contributed by atoms with E-state index in [1.807, 2.05) is 0 Å². The van der Waals surface area contributed by atoms with Gasteiger partial charge in [0.2, 0.25) is 0 Å². The molecule has 1 aliphatic rings. The number of fused-ring (bicyclic) bond motifs is 1. The fourth-order valence-corrected chi connectivity index (χ4v) is 4.29. The Morgan fingerprint density at radius 2 is 1.43 bits per heavy atom. The molecule has 1 aromatic carbocycles. The summed E-state index contributed by atoms with van der Waals surface area (Å²) in [5.41, 5.74) is 1.22. The molecule has 2 aromatic rings. The molecule has 2 heterocycles. The highest BCUT2D eigenvalue weighted by molar-refractivity contribution is 5.88. The van der Waals surface area contributed by atoms with E-state index in [1.165, 1.54) is 21.0 Å². The first-order valence-electron chi connectivity index (χ1n) is 11.5. The minimum absolute atomic E-state index is 0.0463. The summed E-state index contributed by atoms with van der Waals surface area (Å²) in [6.07, 6.45) is -4.48. The summed E-state index contributed by atoms with van der Waals surface area (Å²) in [6.45, 7) is 4.33. The Balaban J connectivity index is 2.18. The first-order valence-corrected chi connectivity index (χ1v) is 11.5. The molecule has 37 heavy (non-hydrogen) atoms. The van der Waals surface area contributed by atoms with Gasteiger partial charge >= 0.3 is 29.8 Å². The van der Waals surface area contributed by atoms with Crippen molar-refractivity contribution >= 4 is 40.7 Å². The quantitative estimate of drug-likeness (QED) is 0.370. The van der Waals surface area contributed by atoms with E-state index in [1.54, 1.807) is 35.0 Å². The normalized spacial score (nSPS) is 23.1. The summed E-state index contributed by atoms with van der Waals surface area (Å²) in [5, 5.41) is 0.709. The van der Waals surface area contributed by atoms with Crippen LogP contribution in [-0.4, -0.2) is 72.5 Å². The van der Waals surface area contributed by atoms with Crippen molar-refractivity contribution in [1.29, 1.82) is 0 Å². The molecule has 0 saturated carbocycles. The molecule has 0 amide bonds. The molecule has 0 bridgehead atoms. The zero-order valence-electron chi connectivity index (χ0n) is 21.1. The fourth-order valence-electron chi connectivity index (χ4n) is 4.29. The van der Waals surface area contributed by atoms with Gasteiger partial charge in [0.15, 0.2) is 24.5 Å². The molecule has 1 saturated heterocycles. The van der Waals surface area contributed by atoms with Crippen LogP contribution in [0.5, 0.6) is 0 Å². The van der Waals surface area contributed by atoms with Crippen LogP contribution < -0.4 is 0 Å². The molecule has 2 unspecified atom stereocenters. The summed E-state index contributed by atoms with van der Waals surface area (Å²) in [6, 6.07) is 7.13. The monoisotopic (exact) mass is 519 g/mol. The smallest absolute Gasteiger partial charge is 0.310 e. The van der Waals surface area contributed by atoms with E-state index in [2.05, 4.69) is 0 Å². The number of carbonyl (C=O) groups is 5. The molecule has 3 rings (SSSR count). The van der Waals surface area contributed by atoms with Gasteiger partial charge in [-0.05, 0) is 11.6 Å². The zero-order valence-corrected chi connectivity index (χ0v) is 21.1. The molecule has 12 nitrogen and oxygen atoms in total. The molecule has 12 heteroatoms. The Morgan fingerprint density at radius 3 is 2.03 bits per heavy atom. The van der Waals surface area contributed by atoms with Gasteiger partial charge in [0, 0.05) is 39.3 Å². The van der Waals surface area contributed by atoms with Crippen LogP contribution in [0.25, 0.3) is 10.9 Å². The average molecular weight is 520 g/mol. The number of nitrogens with zero attached hydrogens (tertiary/aromatic N) is 1. The van der Waals surface area contributed by atoms with Crippen molar-refractivity contribution in [1.82, 2.24) is 4.57 Å².